The van der Waals surface area contributed by atoms with Gasteiger partial charge in [-0.05, 0) is 42.9 Å². The second-order valence-electron chi connectivity index (χ2n) is 4.75. The van der Waals surface area contributed by atoms with Gasteiger partial charge in [0.2, 0.25) is 0 Å². The first-order chi connectivity index (χ1) is 8.24. The number of hydrogen-bond donors (Lipinski definition) is 1. The van der Waals surface area contributed by atoms with E-state index in [-0.39, 0.29) is 6.04 Å². The van der Waals surface area contributed by atoms with Gasteiger partial charge in [0, 0.05) is 6.04 Å². The summed E-state index contributed by atoms with van der Waals surface area (Å²) in [5.41, 5.74) is 7.43. The fourth-order valence-corrected chi connectivity index (χ4v) is 2.31. The van der Waals surface area contributed by atoms with Gasteiger partial charge in [-0.1, -0.05) is 12.5 Å². The van der Waals surface area contributed by atoms with Crippen LogP contribution >= 0.6 is 0 Å². The van der Waals surface area contributed by atoms with Gasteiger partial charge in [-0.3, -0.25) is 0 Å². The predicted molar refractivity (Wildman–Crippen MR) is 68.6 cm³/mol. The second kappa shape index (κ2) is 5.41. The van der Waals surface area contributed by atoms with Gasteiger partial charge < -0.3 is 15.2 Å². The Kier molecular flexibility index (Phi) is 3.89. The van der Waals surface area contributed by atoms with Crippen molar-refractivity contribution >= 4 is 0 Å². The highest BCUT2D eigenvalue weighted by Crippen LogP contribution is 2.32. The van der Waals surface area contributed by atoms with Crippen molar-refractivity contribution in [3.05, 3.63) is 23.8 Å². The van der Waals surface area contributed by atoms with Crippen LogP contribution in [0.1, 0.15) is 24.8 Å². The Morgan fingerprint density at radius 1 is 1.24 bits per heavy atom. The smallest absolute Gasteiger partial charge is 0.160 e. The molecule has 17 heavy (non-hydrogen) atoms. The summed E-state index contributed by atoms with van der Waals surface area (Å²) in [6, 6.07) is 6.32. The molecule has 1 aromatic carbocycles. The molecule has 0 radical (unpaired) electrons. The van der Waals surface area contributed by atoms with Gasteiger partial charge >= 0.3 is 0 Å². The summed E-state index contributed by atoms with van der Waals surface area (Å²) in [7, 11) is 3.31. The van der Waals surface area contributed by atoms with Gasteiger partial charge in [0.15, 0.2) is 11.5 Å². The summed E-state index contributed by atoms with van der Waals surface area (Å²) in [5.74, 6) is 2.27. The van der Waals surface area contributed by atoms with Gasteiger partial charge in [-0.25, -0.2) is 0 Å². The Labute approximate surface area is 103 Å². The summed E-state index contributed by atoms with van der Waals surface area (Å²) in [6.07, 6.45) is 4.83. The van der Waals surface area contributed by atoms with Crippen LogP contribution in [0, 0.1) is 5.92 Å². The zero-order valence-corrected chi connectivity index (χ0v) is 10.6. The monoisotopic (exact) mass is 235 g/mol. The fraction of sp³-hybridized carbons (Fsp3) is 0.571. The van der Waals surface area contributed by atoms with Gasteiger partial charge in [-0.15, -0.1) is 0 Å². The molecule has 1 unspecified atom stereocenters. The quantitative estimate of drug-likeness (QED) is 0.852. The average molecular weight is 235 g/mol. The van der Waals surface area contributed by atoms with Gasteiger partial charge in [0.1, 0.15) is 0 Å². The third-order valence-electron chi connectivity index (χ3n) is 3.67. The lowest BCUT2D eigenvalue weighted by Crippen LogP contribution is -2.36. The van der Waals surface area contributed by atoms with Crippen molar-refractivity contribution in [3.63, 3.8) is 0 Å². The van der Waals surface area contributed by atoms with E-state index >= 15 is 0 Å². The van der Waals surface area contributed by atoms with Gasteiger partial charge in [0.25, 0.3) is 0 Å². The highest BCUT2D eigenvalue weighted by Gasteiger charge is 2.24. The number of ether oxygens (including phenoxy) is 2. The first-order valence-electron chi connectivity index (χ1n) is 6.21. The molecule has 1 aromatic rings. The third kappa shape index (κ3) is 2.72. The summed E-state index contributed by atoms with van der Waals surface area (Å²) >= 11 is 0. The highest BCUT2D eigenvalue weighted by atomic mass is 16.5. The molecule has 0 heterocycles. The van der Waals surface area contributed by atoms with Crippen molar-refractivity contribution in [2.75, 3.05) is 14.2 Å². The van der Waals surface area contributed by atoms with Crippen molar-refractivity contribution in [3.8, 4) is 11.5 Å². The third-order valence-corrected chi connectivity index (χ3v) is 3.67. The number of methoxy groups -OCH3 is 2. The van der Waals surface area contributed by atoms with Gasteiger partial charge in [-0.2, -0.15) is 0 Å². The molecule has 0 amide bonds. The minimum Gasteiger partial charge on any atom is -0.493 e. The number of benzene rings is 1. The molecule has 0 aromatic heterocycles. The normalized spacial score (nSPS) is 17.4. The van der Waals surface area contributed by atoms with E-state index in [1.807, 2.05) is 12.1 Å². The average Bonchev–Trinajstić information content (AvgIpc) is 2.26. The standard InChI is InChI=1S/C14H21NO2/c1-16-13-7-6-10(9-14(13)17-2)8-12(15)11-4-3-5-11/h6-7,9,11-12H,3-5,8,15H2,1-2H3. The molecule has 1 saturated carbocycles. The van der Waals surface area contributed by atoms with E-state index in [1.54, 1.807) is 14.2 Å². The maximum atomic E-state index is 6.20. The van der Waals surface area contributed by atoms with E-state index < -0.39 is 0 Å². The first kappa shape index (κ1) is 12.2. The minimum atomic E-state index is 0.279. The maximum Gasteiger partial charge on any atom is 0.160 e. The van der Waals surface area contributed by atoms with Gasteiger partial charge in [0.05, 0.1) is 14.2 Å². The SMILES string of the molecule is COc1ccc(CC(N)C2CCC2)cc1OC. The summed E-state index contributed by atoms with van der Waals surface area (Å²) in [4.78, 5) is 0. The molecule has 1 atom stereocenters. The number of rotatable bonds is 5. The van der Waals surface area contributed by atoms with E-state index in [9.17, 15) is 0 Å². The first-order valence-corrected chi connectivity index (χ1v) is 6.21. The predicted octanol–water partition coefficient (Wildman–Crippen LogP) is 2.37. The molecule has 94 valence electrons. The summed E-state index contributed by atoms with van der Waals surface area (Å²) in [5, 5.41) is 0. The molecule has 0 bridgehead atoms. The molecule has 0 saturated heterocycles. The highest BCUT2D eigenvalue weighted by molar-refractivity contribution is 5.43. The molecule has 2 rings (SSSR count). The van der Waals surface area contributed by atoms with Crippen molar-refractivity contribution in [2.45, 2.75) is 31.7 Å². The lowest BCUT2D eigenvalue weighted by molar-refractivity contribution is 0.260. The van der Waals surface area contributed by atoms with Crippen LogP contribution in [-0.4, -0.2) is 20.3 Å². The lowest BCUT2D eigenvalue weighted by Gasteiger charge is -2.31. The van der Waals surface area contributed by atoms with Crippen LogP contribution in [0.25, 0.3) is 0 Å². The van der Waals surface area contributed by atoms with Crippen LogP contribution in [-0.2, 0) is 6.42 Å². The van der Waals surface area contributed by atoms with Crippen molar-refractivity contribution in [1.82, 2.24) is 0 Å². The van der Waals surface area contributed by atoms with Crippen molar-refractivity contribution in [2.24, 2.45) is 11.7 Å². The summed E-state index contributed by atoms with van der Waals surface area (Å²) in [6.45, 7) is 0. The number of hydrogen-bond acceptors (Lipinski definition) is 3. The molecule has 3 nitrogen and oxygen atoms in total. The second-order valence-corrected chi connectivity index (χ2v) is 4.75. The van der Waals surface area contributed by atoms with Crippen LogP contribution in [0.5, 0.6) is 11.5 Å². The largest absolute Gasteiger partial charge is 0.493 e. The van der Waals surface area contributed by atoms with E-state index in [4.69, 9.17) is 15.2 Å². The Morgan fingerprint density at radius 3 is 2.47 bits per heavy atom. The molecular weight excluding hydrogens is 214 g/mol. The zero-order chi connectivity index (χ0) is 12.3. The Hall–Kier alpha value is -1.22. The topological polar surface area (TPSA) is 44.5 Å². The molecule has 0 spiro atoms. The van der Waals surface area contributed by atoms with E-state index in [0.29, 0.717) is 5.92 Å². The van der Waals surface area contributed by atoms with Crippen LogP contribution in [0.2, 0.25) is 0 Å². The van der Waals surface area contributed by atoms with Crippen molar-refractivity contribution < 1.29 is 9.47 Å². The van der Waals surface area contributed by atoms with Crippen LogP contribution in [0.4, 0.5) is 0 Å². The number of nitrogens with two attached hydrogens (primary N) is 1. The van der Waals surface area contributed by atoms with Crippen LogP contribution in [0.15, 0.2) is 18.2 Å². The molecule has 0 aliphatic heterocycles. The molecule has 1 aliphatic carbocycles. The molecule has 1 fully saturated rings. The zero-order valence-electron chi connectivity index (χ0n) is 10.6. The lowest BCUT2D eigenvalue weighted by atomic mass is 9.78. The Bertz CT molecular complexity index is 374. The molecule has 2 N–H and O–H groups in total. The molecule has 3 heteroatoms. The Morgan fingerprint density at radius 2 is 1.94 bits per heavy atom. The van der Waals surface area contributed by atoms with Crippen LogP contribution in [0.3, 0.4) is 0 Å². The minimum absolute atomic E-state index is 0.279. The van der Waals surface area contributed by atoms with Crippen molar-refractivity contribution in [1.29, 1.82) is 0 Å². The van der Waals surface area contributed by atoms with E-state index in [1.165, 1.54) is 24.8 Å². The van der Waals surface area contributed by atoms with E-state index in [2.05, 4.69) is 6.07 Å². The molecular formula is C14H21NO2. The fourth-order valence-electron chi connectivity index (χ4n) is 2.31. The van der Waals surface area contributed by atoms with E-state index in [0.717, 1.165) is 17.9 Å². The van der Waals surface area contributed by atoms with Crippen LogP contribution < -0.4 is 15.2 Å². The molecule has 1 aliphatic rings. The maximum absolute atomic E-state index is 6.20. The summed E-state index contributed by atoms with van der Waals surface area (Å²) < 4.78 is 10.5. The Balaban J connectivity index is 2.05.